The van der Waals surface area contributed by atoms with Crippen LogP contribution in [0.1, 0.15) is 11.1 Å². The van der Waals surface area contributed by atoms with Crippen molar-refractivity contribution in [1.29, 1.82) is 5.26 Å². The van der Waals surface area contributed by atoms with Crippen molar-refractivity contribution in [3.63, 3.8) is 0 Å². The van der Waals surface area contributed by atoms with Gasteiger partial charge in [-0.25, -0.2) is 4.79 Å². The summed E-state index contributed by atoms with van der Waals surface area (Å²) in [7, 11) is 1.23. The molecule has 2 aromatic carbocycles. The molecule has 0 spiro atoms. The van der Waals surface area contributed by atoms with Gasteiger partial charge in [-0.1, -0.05) is 18.2 Å². The molecule has 0 aliphatic carbocycles. The summed E-state index contributed by atoms with van der Waals surface area (Å²) in [5, 5.41) is 11.5. The molecule has 0 bridgehead atoms. The second kappa shape index (κ2) is 9.41. The molecule has 2 rings (SSSR count). The van der Waals surface area contributed by atoms with Crippen molar-refractivity contribution in [3.8, 4) is 11.8 Å². The third-order valence-electron chi connectivity index (χ3n) is 3.59. The lowest BCUT2D eigenvalue weighted by atomic mass is 10.1. The van der Waals surface area contributed by atoms with Crippen LogP contribution >= 0.6 is 0 Å². The molecule has 9 heteroatoms. The molecule has 1 amide bonds. The number of nitriles is 1. The number of esters is 1. The molecule has 0 radical (unpaired) electrons. The number of methoxy groups -OCH3 is 1. The Labute approximate surface area is 164 Å². The number of halogens is 3. The number of hydrogen-bond donors (Lipinski definition) is 1. The Kier molecular flexibility index (Phi) is 6.98. The van der Waals surface area contributed by atoms with Crippen LogP contribution in [0.3, 0.4) is 0 Å². The van der Waals surface area contributed by atoms with Crippen LogP contribution in [0.2, 0.25) is 0 Å². The first kappa shape index (κ1) is 21.5. The maximum absolute atomic E-state index is 12.8. The van der Waals surface area contributed by atoms with E-state index >= 15 is 0 Å². The molecule has 0 unspecified atom stereocenters. The van der Waals surface area contributed by atoms with Crippen molar-refractivity contribution in [2.24, 2.45) is 0 Å². The summed E-state index contributed by atoms with van der Waals surface area (Å²) >= 11 is 0. The highest BCUT2D eigenvalue weighted by Gasteiger charge is 2.30. The highest BCUT2D eigenvalue weighted by molar-refractivity contribution is 6.09. The summed E-state index contributed by atoms with van der Waals surface area (Å²) in [6.07, 6.45) is -3.28. The van der Waals surface area contributed by atoms with E-state index in [1.54, 1.807) is 18.2 Å². The summed E-state index contributed by atoms with van der Waals surface area (Å²) in [6.45, 7) is -0.269. The lowest BCUT2D eigenvalue weighted by Gasteiger charge is -2.09. The smallest absolute Gasteiger partial charge is 0.416 e. The fourth-order valence-corrected chi connectivity index (χ4v) is 2.15. The molecule has 0 aliphatic heterocycles. The Balaban J connectivity index is 2.10. The number of nitrogens with one attached hydrogen (secondary N) is 1. The number of rotatable bonds is 6. The second-order valence-electron chi connectivity index (χ2n) is 5.64. The molecule has 0 aliphatic rings. The summed E-state index contributed by atoms with van der Waals surface area (Å²) in [5.41, 5.74) is -0.824. The monoisotopic (exact) mass is 404 g/mol. The van der Waals surface area contributed by atoms with Crippen molar-refractivity contribution in [1.82, 2.24) is 0 Å². The summed E-state index contributed by atoms with van der Waals surface area (Å²) in [5.74, 6) is -1.02. The van der Waals surface area contributed by atoms with E-state index in [-0.39, 0.29) is 17.9 Å². The quantitative estimate of drug-likeness (QED) is 0.449. The van der Waals surface area contributed by atoms with Crippen molar-refractivity contribution in [2.75, 3.05) is 19.0 Å². The molecule has 0 fully saturated rings. The molecular formula is C20H15F3N2O4. The maximum Gasteiger partial charge on any atom is 0.416 e. The van der Waals surface area contributed by atoms with Crippen LogP contribution in [0.25, 0.3) is 6.08 Å². The third kappa shape index (κ3) is 6.39. The number of amides is 1. The number of alkyl halides is 3. The average molecular weight is 404 g/mol. The van der Waals surface area contributed by atoms with E-state index < -0.39 is 23.6 Å². The standard InChI is InChI=1S/C20H15F3N2O4/c1-28-18(26)12-29-17-7-5-13(6-8-17)9-14(11-24)19(27)25-16-4-2-3-15(10-16)20(21,22)23/h2-10H,12H2,1H3,(H,25,27)/b14-9+. The molecular weight excluding hydrogens is 389 g/mol. The largest absolute Gasteiger partial charge is 0.482 e. The number of benzene rings is 2. The van der Waals surface area contributed by atoms with E-state index in [0.29, 0.717) is 11.3 Å². The van der Waals surface area contributed by atoms with Gasteiger partial charge in [0.2, 0.25) is 0 Å². The molecule has 2 aromatic rings. The minimum absolute atomic E-state index is 0.0856. The van der Waals surface area contributed by atoms with Crippen LogP contribution in [0.5, 0.6) is 5.75 Å². The highest BCUT2D eigenvalue weighted by atomic mass is 19.4. The Hall–Kier alpha value is -3.80. The average Bonchev–Trinajstić information content (AvgIpc) is 2.70. The predicted octanol–water partition coefficient (Wildman–Crippen LogP) is 3.80. The van der Waals surface area contributed by atoms with Gasteiger partial charge >= 0.3 is 12.1 Å². The van der Waals surface area contributed by atoms with E-state index in [9.17, 15) is 28.0 Å². The zero-order valence-electron chi connectivity index (χ0n) is 15.1. The Morgan fingerprint density at radius 2 is 1.86 bits per heavy atom. The fourth-order valence-electron chi connectivity index (χ4n) is 2.15. The zero-order valence-corrected chi connectivity index (χ0v) is 15.1. The Morgan fingerprint density at radius 3 is 2.45 bits per heavy atom. The van der Waals surface area contributed by atoms with Crippen LogP contribution in [0.15, 0.2) is 54.1 Å². The SMILES string of the molecule is COC(=O)COc1ccc(/C=C(\C#N)C(=O)Nc2cccc(C(F)(F)F)c2)cc1. The molecule has 0 atom stereocenters. The number of anilines is 1. The molecule has 0 aromatic heterocycles. The van der Waals surface area contributed by atoms with Gasteiger partial charge in [-0.05, 0) is 42.0 Å². The van der Waals surface area contributed by atoms with Gasteiger partial charge in [0.15, 0.2) is 6.61 Å². The van der Waals surface area contributed by atoms with Crippen molar-refractivity contribution < 1.29 is 32.2 Å². The van der Waals surface area contributed by atoms with Crippen molar-refractivity contribution >= 4 is 23.6 Å². The lowest BCUT2D eigenvalue weighted by molar-refractivity contribution is -0.143. The predicted molar refractivity (Wildman–Crippen MR) is 97.6 cm³/mol. The molecule has 29 heavy (non-hydrogen) atoms. The summed E-state index contributed by atoms with van der Waals surface area (Å²) in [4.78, 5) is 23.3. The minimum Gasteiger partial charge on any atom is -0.482 e. The van der Waals surface area contributed by atoms with Crippen LogP contribution < -0.4 is 10.1 Å². The number of carbonyl (C=O) groups is 2. The first-order valence-electron chi connectivity index (χ1n) is 8.13. The molecule has 150 valence electrons. The third-order valence-corrected chi connectivity index (χ3v) is 3.59. The van der Waals surface area contributed by atoms with Gasteiger partial charge in [-0.2, -0.15) is 18.4 Å². The first-order chi connectivity index (χ1) is 13.7. The van der Waals surface area contributed by atoms with Crippen LogP contribution in [0, 0.1) is 11.3 Å². The first-order valence-corrected chi connectivity index (χ1v) is 8.13. The summed E-state index contributed by atoms with van der Waals surface area (Å²) < 4.78 is 47.9. The topological polar surface area (TPSA) is 88.4 Å². The van der Waals surface area contributed by atoms with Crippen molar-refractivity contribution in [3.05, 3.63) is 65.2 Å². The van der Waals surface area contributed by atoms with Crippen LogP contribution in [-0.2, 0) is 20.5 Å². The van der Waals surface area contributed by atoms with Crippen molar-refractivity contribution in [2.45, 2.75) is 6.18 Å². The van der Waals surface area contributed by atoms with Gasteiger partial charge in [0.05, 0.1) is 12.7 Å². The van der Waals surface area contributed by atoms with E-state index in [1.165, 1.54) is 31.4 Å². The zero-order chi connectivity index (χ0) is 21.4. The van der Waals surface area contributed by atoms with Gasteiger partial charge in [0.25, 0.3) is 5.91 Å². The fraction of sp³-hybridized carbons (Fsp3) is 0.150. The Morgan fingerprint density at radius 1 is 1.17 bits per heavy atom. The molecule has 6 nitrogen and oxygen atoms in total. The summed E-state index contributed by atoms with van der Waals surface area (Å²) in [6, 6.07) is 11.9. The van der Waals surface area contributed by atoms with E-state index in [2.05, 4.69) is 10.1 Å². The molecule has 0 heterocycles. The molecule has 0 saturated carbocycles. The van der Waals surface area contributed by atoms with Crippen LogP contribution in [-0.4, -0.2) is 25.6 Å². The van der Waals surface area contributed by atoms with Gasteiger partial charge in [-0.3, -0.25) is 4.79 Å². The normalized spacial score (nSPS) is 11.3. The second-order valence-corrected chi connectivity index (χ2v) is 5.64. The number of hydrogen-bond acceptors (Lipinski definition) is 5. The van der Waals surface area contributed by atoms with Gasteiger partial charge in [0.1, 0.15) is 17.4 Å². The van der Waals surface area contributed by atoms with Gasteiger partial charge < -0.3 is 14.8 Å². The molecule has 1 N–H and O–H groups in total. The van der Waals surface area contributed by atoms with E-state index in [4.69, 9.17) is 4.74 Å². The lowest BCUT2D eigenvalue weighted by Crippen LogP contribution is -2.14. The van der Waals surface area contributed by atoms with Gasteiger partial charge in [-0.15, -0.1) is 0 Å². The number of carbonyl (C=O) groups excluding carboxylic acids is 2. The minimum atomic E-state index is -4.55. The number of nitrogens with zero attached hydrogens (tertiary/aromatic N) is 1. The Bertz CT molecular complexity index is 961. The van der Waals surface area contributed by atoms with Gasteiger partial charge in [0, 0.05) is 5.69 Å². The van der Waals surface area contributed by atoms with E-state index in [0.717, 1.165) is 18.2 Å². The highest BCUT2D eigenvalue weighted by Crippen LogP contribution is 2.30. The molecule has 0 saturated heterocycles. The van der Waals surface area contributed by atoms with Crippen LogP contribution in [0.4, 0.5) is 18.9 Å². The maximum atomic E-state index is 12.8. The number of ether oxygens (including phenoxy) is 2. The van der Waals surface area contributed by atoms with E-state index in [1.807, 2.05) is 0 Å².